The van der Waals surface area contributed by atoms with Crippen LogP contribution in [0.2, 0.25) is 5.02 Å². The summed E-state index contributed by atoms with van der Waals surface area (Å²) in [5.41, 5.74) is 8.54. The van der Waals surface area contributed by atoms with E-state index >= 15 is 0 Å². The van der Waals surface area contributed by atoms with Crippen molar-refractivity contribution in [2.24, 2.45) is 0 Å². The van der Waals surface area contributed by atoms with E-state index in [0.717, 1.165) is 45.4 Å². The third kappa shape index (κ3) is 12.8. The minimum Gasteiger partial charge on any atom is -0.488 e. The van der Waals surface area contributed by atoms with E-state index in [4.69, 9.17) is 44.8 Å². The van der Waals surface area contributed by atoms with Gasteiger partial charge in [0.05, 0.1) is 45.2 Å². The number of ether oxygens (including phenoxy) is 7. The number of hydrogen-bond acceptors (Lipinski definition) is 7. The maximum Gasteiger partial charge on any atom is 0.146 e. The van der Waals surface area contributed by atoms with Crippen LogP contribution in [0.25, 0.3) is 0 Å². The second-order valence-electron chi connectivity index (χ2n) is 14.8. The SMILES string of the molecule is COCOCCc1ccc(Cc2cc([C@H]3C[C@@H](OCc4ccccc4)[C@H](OCc4ccccc4)[C@@H](COCc4ccccc4)O3)c(OCc3ccccc3)cc2Cl)cc1. The Morgan fingerprint density at radius 2 is 1.15 bits per heavy atom. The number of methoxy groups -OCH3 is 1. The van der Waals surface area contributed by atoms with Crippen LogP contribution in [-0.2, 0) is 67.7 Å². The normalized spacial score (nSPS) is 17.8. The molecule has 7 nitrogen and oxygen atoms in total. The van der Waals surface area contributed by atoms with Crippen molar-refractivity contribution in [3.63, 3.8) is 0 Å². The van der Waals surface area contributed by atoms with E-state index in [1.807, 2.05) is 78.9 Å². The Labute approximate surface area is 353 Å². The number of rotatable bonds is 21. The van der Waals surface area contributed by atoms with E-state index in [-0.39, 0.29) is 12.9 Å². The fraction of sp³-hybridized carbons (Fsp3) is 0.294. The summed E-state index contributed by atoms with van der Waals surface area (Å²) in [4.78, 5) is 0. The molecule has 8 heteroatoms. The molecule has 1 aliphatic heterocycles. The first-order valence-electron chi connectivity index (χ1n) is 20.3. The molecule has 6 aromatic rings. The monoisotopic (exact) mass is 812 g/mol. The van der Waals surface area contributed by atoms with Gasteiger partial charge in [-0.2, -0.15) is 0 Å². The minimum atomic E-state index is -0.455. The van der Waals surface area contributed by atoms with Crippen molar-refractivity contribution in [3.8, 4) is 5.75 Å². The average Bonchev–Trinajstić information content (AvgIpc) is 3.28. The van der Waals surface area contributed by atoms with Crippen molar-refractivity contribution in [3.05, 3.63) is 207 Å². The zero-order chi connectivity index (χ0) is 40.5. The van der Waals surface area contributed by atoms with Crippen molar-refractivity contribution >= 4 is 11.6 Å². The number of hydrogen-bond donors (Lipinski definition) is 0. The smallest absolute Gasteiger partial charge is 0.146 e. The molecule has 306 valence electrons. The van der Waals surface area contributed by atoms with Crippen molar-refractivity contribution < 1.29 is 33.2 Å². The van der Waals surface area contributed by atoms with Gasteiger partial charge in [-0.05, 0) is 63.9 Å². The van der Waals surface area contributed by atoms with Crippen LogP contribution in [0.1, 0.15) is 57.0 Å². The molecule has 0 saturated carbocycles. The van der Waals surface area contributed by atoms with Gasteiger partial charge in [-0.1, -0.05) is 157 Å². The molecule has 7 rings (SSSR count). The highest BCUT2D eigenvalue weighted by molar-refractivity contribution is 6.31. The maximum atomic E-state index is 7.13. The second-order valence-corrected chi connectivity index (χ2v) is 15.2. The van der Waals surface area contributed by atoms with E-state index in [1.165, 1.54) is 5.56 Å². The first kappa shape index (κ1) is 42.3. The molecule has 0 N–H and O–H groups in total. The van der Waals surface area contributed by atoms with Gasteiger partial charge in [0.15, 0.2) is 0 Å². The summed E-state index contributed by atoms with van der Waals surface area (Å²) in [6.07, 6.45) is 0.371. The Bertz CT molecular complexity index is 2100. The van der Waals surface area contributed by atoms with Crippen molar-refractivity contribution in [1.29, 1.82) is 0 Å². The summed E-state index contributed by atoms with van der Waals surface area (Å²) in [5, 5.41) is 0.633. The summed E-state index contributed by atoms with van der Waals surface area (Å²) in [6.45, 7) is 2.86. The van der Waals surface area contributed by atoms with E-state index in [2.05, 4.69) is 78.9 Å². The largest absolute Gasteiger partial charge is 0.488 e. The first-order valence-corrected chi connectivity index (χ1v) is 20.7. The average molecular weight is 813 g/mol. The van der Waals surface area contributed by atoms with Gasteiger partial charge >= 0.3 is 0 Å². The molecule has 0 aromatic heterocycles. The van der Waals surface area contributed by atoms with E-state index in [1.54, 1.807) is 7.11 Å². The summed E-state index contributed by atoms with van der Waals surface area (Å²) in [7, 11) is 1.63. The summed E-state index contributed by atoms with van der Waals surface area (Å²) >= 11 is 7.11. The van der Waals surface area contributed by atoms with Gasteiger partial charge < -0.3 is 33.2 Å². The Kier molecular flexibility index (Phi) is 16.1. The third-order valence-corrected chi connectivity index (χ3v) is 10.8. The third-order valence-electron chi connectivity index (χ3n) is 10.4. The molecule has 0 amide bonds. The summed E-state index contributed by atoms with van der Waals surface area (Å²) in [6, 6.07) is 53.5. The predicted molar refractivity (Wildman–Crippen MR) is 231 cm³/mol. The summed E-state index contributed by atoms with van der Waals surface area (Å²) < 4.78 is 44.3. The Morgan fingerprint density at radius 1 is 0.593 bits per heavy atom. The lowest BCUT2D eigenvalue weighted by molar-refractivity contribution is -0.222. The van der Waals surface area contributed by atoms with Crippen molar-refractivity contribution in [2.75, 3.05) is 27.1 Å². The highest BCUT2D eigenvalue weighted by Crippen LogP contribution is 2.42. The van der Waals surface area contributed by atoms with Gasteiger partial charge in [-0.15, -0.1) is 0 Å². The predicted octanol–water partition coefficient (Wildman–Crippen LogP) is 10.9. The lowest BCUT2D eigenvalue weighted by Crippen LogP contribution is -2.50. The molecule has 59 heavy (non-hydrogen) atoms. The molecule has 1 fully saturated rings. The lowest BCUT2D eigenvalue weighted by Gasteiger charge is -2.42. The summed E-state index contributed by atoms with van der Waals surface area (Å²) in [5.74, 6) is 0.674. The molecular weight excluding hydrogens is 760 g/mol. The molecule has 0 radical (unpaired) electrons. The van der Waals surface area contributed by atoms with E-state index in [9.17, 15) is 0 Å². The highest BCUT2D eigenvalue weighted by atomic mass is 35.5. The van der Waals surface area contributed by atoms with Crippen LogP contribution in [0.15, 0.2) is 158 Å². The topological polar surface area (TPSA) is 64.6 Å². The maximum absolute atomic E-state index is 7.13. The van der Waals surface area contributed by atoms with Crippen molar-refractivity contribution in [1.82, 2.24) is 0 Å². The molecule has 1 aliphatic rings. The lowest BCUT2D eigenvalue weighted by atomic mass is 9.91. The van der Waals surface area contributed by atoms with E-state index < -0.39 is 18.3 Å². The zero-order valence-electron chi connectivity index (χ0n) is 33.6. The number of halogens is 1. The fourth-order valence-electron chi connectivity index (χ4n) is 7.29. The van der Waals surface area contributed by atoms with Crippen LogP contribution < -0.4 is 4.74 Å². The van der Waals surface area contributed by atoms with Crippen LogP contribution in [0.4, 0.5) is 0 Å². The van der Waals surface area contributed by atoms with E-state index in [0.29, 0.717) is 63.3 Å². The fourth-order valence-corrected chi connectivity index (χ4v) is 7.51. The van der Waals surface area contributed by atoms with Gasteiger partial charge in [-0.25, -0.2) is 0 Å². The quantitative estimate of drug-likeness (QED) is 0.0530. The standard InChI is InChI=1S/C51H53ClO7/c1-53-37-54-27-26-38-22-24-39(25-23-38)28-44-29-45(47(30-46(44)52)56-33-41-16-8-3-9-17-41)48-31-49(57-34-42-18-10-4-11-19-42)51(58-35-43-20-12-5-13-21-43)50(59-48)36-55-32-40-14-6-2-7-15-40/h2-25,29-30,48-51H,26-28,31-37H2,1H3/t48-,49-,50-,51+/m1/s1. The molecule has 0 aliphatic carbocycles. The Morgan fingerprint density at radius 3 is 1.76 bits per heavy atom. The van der Waals surface area contributed by atoms with Crippen LogP contribution in [0.3, 0.4) is 0 Å². The molecule has 0 bridgehead atoms. The Balaban J connectivity index is 1.20. The zero-order valence-corrected chi connectivity index (χ0v) is 34.4. The van der Waals surface area contributed by atoms with Crippen LogP contribution in [0, 0.1) is 0 Å². The molecule has 4 atom stereocenters. The second kappa shape index (κ2) is 22.5. The minimum absolute atomic E-state index is 0.289. The van der Waals surface area contributed by atoms with Crippen molar-refractivity contribution in [2.45, 2.75) is 70.1 Å². The first-order chi connectivity index (χ1) is 29.1. The molecule has 1 saturated heterocycles. The van der Waals surface area contributed by atoms with Crippen LogP contribution in [-0.4, -0.2) is 45.4 Å². The molecule has 6 aromatic carbocycles. The van der Waals surface area contributed by atoms with Crippen LogP contribution in [0.5, 0.6) is 5.75 Å². The van der Waals surface area contributed by atoms with Gasteiger partial charge in [0, 0.05) is 24.1 Å². The van der Waals surface area contributed by atoms with Gasteiger partial charge in [0.1, 0.15) is 31.4 Å². The highest BCUT2D eigenvalue weighted by Gasteiger charge is 2.42. The molecule has 1 heterocycles. The van der Waals surface area contributed by atoms with Crippen LogP contribution >= 0.6 is 11.6 Å². The Hall–Kier alpha value is -4.83. The molecule has 0 spiro atoms. The van der Waals surface area contributed by atoms with Gasteiger partial charge in [0.2, 0.25) is 0 Å². The van der Waals surface area contributed by atoms with Gasteiger partial charge in [-0.3, -0.25) is 0 Å². The molecular formula is C51H53ClO7. The van der Waals surface area contributed by atoms with Gasteiger partial charge in [0.25, 0.3) is 0 Å². The molecule has 0 unspecified atom stereocenters. The number of benzene rings is 6.